The monoisotopic (exact) mass is 335 g/mol. The van der Waals surface area contributed by atoms with Crippen molar-refractivity contribution in [2.45, 2.75) is 23.8 Å². The molecule has 1 amide bonds. The van der Waals surface area contributed by atoms with Gasteiger partial charge in [0.25, 0.3) is 5.91 Å². The van der Waals surface area contributed by atoms with Gasteiger partial charge in [0.1, 0.15) is 0 Å². The Bertz CT molecular complexity index is 761. The number of carbonyl (C=O) groups is 1. The molecule has 2 aromatic rings. The predicted octanol–water partition coefficient (Wildman–Crippen LogP) is 0.388. The summed E-state index contributed by atoms with van der Waals surface area (Å²) in [6.45, 7) is 0.896. The first-order valence-electron chi connectivity index (χ1n) is 7.29. The Morgan fingerprint density at radius 2 is 2.09 bits per heavy atom. The molecule has 1 atom stereocenters. The van der Waals surface area contributed by atoms with E-state index in [0.717, 1.165) is 6.42 Å². The molecule has 1 aromatic heterocycles. The van der Waals surface area contributed by atoms with Gasteiger partial charge in [0.05, 0.1) is 11.1 Å². The van der Waals surface area contributed by atoms with Gasteiger partial charge in [-0.3, -0.25) is 4.79 Å². The summed E-state index contributed by atoms with van der Waals surface area (Å²) in [6, 6.07) is 7.89. The van der Waals surface area contributed by atoms with E-state index in [0.29, 0.717) is 19.5 Å². The molecule has 0 aliphatic carbocycles. The molecule has 2 heterocycles. The molecule has 23 heavy (non-hydrogen) atoms. The second-order valence-corrected chi connectivity index (χ2v) is 7.09. The van der Waals surface area contributed by atoms with E-state index in [1.165, 1.54) is 6.20 Å². The van der Waals surface area contributed by atoms with Crippen LogP contribution in [0.15, 0.2) is 41.4 Å². The highest BCUT2D eigenvalue weighted by Crippen LogP contribution is 2.16. The van der Waals surface area contributed by atoms with Crippen LogP contribution in [0.3, 0.4) is 0 Å². The number of aromatic nitrogens is 3. The molecule has 1 fully saturated rings. The Labute approximate surface area is 133 Å². The Kier molecular flexibility index (Phi) is 4.39. The fraction of sp³-hybridized carbons (Fsp3) is 0.357. The third-order valence-corrected chi connectivity index (χ3v) is 5.25. The first-order valence-corrected chi connectivity index (χ1v) is 8.77. The Hall–Kier alpha value is -2.26. The molecule has 0 spiro atoms. The van der Waals surface area contributed by atoms with Gasteiger partial charge in [-0.05, 0) is 25.0 Å². The van der Waals surface area contributed by atoms with Crippen molar-refractivity contribution >= 4 is 15.9 Å². The summed E-state index contributed by atoms with van der Waals surface area (Å²) in [5.41, 5.74) is 0.233. The lowest BCUT2D eigenvalue weighted by Gasteiger charge is -2.32. The summed E-state index contributed by atoms with van der Waals surface area (Å²) >= 11 is 0. The highest BCUT2D eigenvalue weighted by atomic mass is 32.2. The number of amides is 1. The smallest absolute Gasteiger partial charge is 0.276 e. The molecule has 0 unspecified atom stereocenters. The van der Waals surface area contributed by atoms with E-state index in [9.17, 15) is 13.2 Å². The van der Waals surface area contributed by atoms with Gasteiger partial charge in [-0.2, -0.15) is 15.4 Å². The van der Waals surface area contributed by atoms with Gasteiger partial charge in [-0.15, -0.1) is 0 Å². The molecule has 0 saturated carbocycles. The van der Waals surface area contributed by atoms with Crippen LogP contribution in [0, 0.1) is 0 Å². The fourth-order valence-electron chi connectivity index (χ4n) is 2.61. The van der Waals surface area contributed by atoms with Crippen molar-refractivity contribution in [2.75, 3.05) is 13.1 Å². The minimum Gasteiger partial charge on any atom is -0.336 e. The lowest BCUT2D eigenvalue weighted by molar-refractivity contribution is 0.0697. The lowest BCUT2D eigenvalue weighted by atomic mass is 10.1. The SMILES string of the molecule is O=C(c1cn[nH]n1)N1CCC[C@@H](NS(=O)(=O)c2ccccc2)C1. The summed E-state index contributed by atoms with van der Waals surface area (Å²) in [5.74, 6) is -0.248. The molecule has 1 aliphatic rings. The average molecular weight is 335 g/mol. The van der Waals surface area contributed by atoms with E-state index in [4.69, 9.17) is 0 Å². The maximum absolute atomic E-state index is 12.4. The van der Waals surface area contributed by atoms with Gasteiger partial charge in [0, 0.05) is 19.1 Å². The van der Waals surface area contributed by atoms with Crippen LogP contribution in [0.2, 0.25) is 0 Å². The van der Waals surface area contributed by atoms with E-state index in [1.54, 1.807) is 35.2 Å². The highest BCUT2D eigenvalue weighted by Gasteiger charge is 2.28. The third kappa shape index (κ3) is 3.57. The second-order valence-electron chi connectivity index (χ2n) is 5.38. The fourth-order valence-corrected chi connectivity index (χ4v) is 3.89. The second kappa shape index (κ2) is 6.47. The number of aromatic amines is 1. The van der Waals surface area contributed by atoms with Crippen LogP contribution >= 0.6 is 0 Å². The highest BCUT2D eigenvalue weighted by molar-refractivity contribution is 7.89. The van der Waals surface area contributed by atoms with Crippen LogP contribution < -0.4 is 4.72 Å². The number of sulfonamides is 1. The van der Waals surface area contributed by atoms with Crippen LogP contribution in [0.25, 0.3) is 0 Å². The molecule has 1 aromatic carbocycles. The number of nitrogens with zero attached hydrogens (tertiary/aromatic N) is 3. The van der Waals surface area contributed by atoms with Crippen LogP contribution in [0.5, 0.6) is 0 Å². The number of nitrogens with one attached hydrogen (secondary N) is 2. The van der Waals surface area contributed by atoms with E-state index in [-0.39, 0.29) is 22.5 Å². The number of piperidine rings is 1. The van der Waals surface area contributed by atoms with Crippen molar-refractivity contribution in [3.8, 4) is 0 Å². The normalized spacial score (nSPS) is 18.8. The van der Waals surface area contributed by atoms with Gasteiger partial charge >= 0.3 is 0 Å². The molecule has 0 radical (unpaired) electrons. The van der Waals surface area contributed by atoms with Gasteiger partial charge in [0.2, 0.25) is 10.0 Å². The topological polar surface area (TPSA) is 108 Å². The number of benzene rings is 1. The number of likely N-dealkylation sites (tertiary alicyclic amines) is 1. The van der Waals surface area contributed by atoms with E-state index >= 15 is 0 Å². The van der Waals surface area contributed by atoms with Crippen LogP contribution in [-0.2, 0) is 10.0 Å². The number of hydrogen-bond acceptors (Lipinski definition) is 5. The first-order chi connectivity index (χ1) is 11.1. The summed E-state index contributed by atoms with van der Waals surface area (Å²) in [5, 5.41) is 9.80. The molecule has 0 bridgehead atoms. The summed E-state index contributed by atoms with van der Waals surface area (Å²) < 4.78 is 27.4. The zero-order valence-corrected chi connectivity index (χ0v) is 13.2. The van der Waals surface area contributed by atoms with E-state index in [1.807, 2.05) is 0 Å². The van der Waals surface area contributed by atoms with Gasteiger partial charge in [0.15, 0.2) is 5.69 Å². The molecule has 9 heteroatoms. The lowest BCUT2D eigenvalue weighted by Crippen LogP contribution is -2.49. The van der Waals surface area contributed by atoms with Gasteiger partial charge < -0.3 is 4.90 Å². The maximum Gasteiger partial charge on any atom is 0.276 e. The standard InChI is InChI=1S/C14H17N5O3S/c20-14(13-9-15-18-16-13)19-8-4-5-11(10-19)17-23(21,22)12-6-2-1-3-7-12/h1-3,6-7,9,11,17H,4-5,8,10H2,(H,15,16,18)/t11-/m1/s1. The van der Waals surface area contributed by atoms with Crippen molar-refractivity contribution in [2.24, 2.45) is 0 Å². The van der Waals surface area contributed by atoms with Crippen molar-refractivity contribution in [3.63, 3.8) is 0 Å². The van der Waals surface area contributed by atoms with Gasteiger partial charge in [-0.25, -0.2) is 13.1 Å². The zero-order chi connectivity index (χ0) is 16.3. The predicted molar refractivity (Wildman–Crippen MR) is 82.1 cm³/mol. The maximum atomic E-state index is 12.4. The Balaban J connectivity index is 1.68. The van der Waals surface area contributed by atoms with Crippen molar-refractivity contribution in [1.29, 1.82) is 0 Å². The average Bonchev–Trinajstić information content (AvgIpc) is 3.09. The van der Waals surface area contributed by atoms with Crippen LogP contribution in [-0.4, -0.2) is 53.8 Å². The van der Waals surface area contributed by atoms with Crippen molar-refractivity contribution in [3.05, 3.63) is 42.2 Å². The molecule has 3 rings (SSSR count). The number of carbonyl (C=O) groups excluding carboxylic acids is 1. The number of hydrogen-bond donors (Lipinski definition) is 2. The van der Waals surface area contributed by atoms with E-state index < -0.39 is 10.0 Å². The minimum absolute atomic E-state index is 0.222. The van der Waals surface area contributed by atoms with Crippen LogP contribution in [0.4, 0.5) is 0 Å². The molecular formula is C14H17N5O3S. The third-order valence-electron chi connectivity index (χ3n) is 3.72. The Morgan fingerprint density at radius 3 is 2.78 bits per heavy atom. The largest absolute Gasteiger partial charge is 0.336 e. The molecule has 122 valence electrons. The summed E-state index contributed by atoms with van der Waals surface area (Å²) in [7, 11) is -3.58. The molecule has 8 nitrogen and oxygen atoms in total. The molecular weight excluding hydrogens is 318 g/mol. The van der Waals surface area contributed by atoms with Crippen LogP contribution in [0.1, 0.15) is 23.3 Å². The molecule has 1 aliphatic heterocycles. The van der Waals surface area contributed by atoms with E-state index in [2.05, 4.69) is 20.1 Å². The first kappa shape index (κ1) is 15.6. The quantitative estimate of drug-likeness (QED) is 0.840. The van der Waals surface area contributed by atoms with Crippen molar-refractivity contribution in [1.82, 2.24) is 25.0 Å². The summed E-state index contributed by atoms with van der Waals surface area (Å²) in [4.78, 5) is 14.1. The number of rotatable bonds is 4. The molecule has 1 saturated heterocycles. The van der Waals surface area contributed by atoms with Crippen molar-refractivity contribution < 1.29 is 13.2 Å². The van der Waals surface area contributed by atoms with Gasteiger partial charge in [-0.1, -0.05) is 18.2 Å². The zero-order valence-electron chi connectivity index (χ0n) is 12.3. The Morgan fingerprint density at radius 1 is 1.30 bits per heavy atom. The minimum atomic E-state index is -3.58. The number of H-pyrrole nitrogens is 1. The summed E-state index contributed by atoms with van der Waals surface area (Å²) in [6.07, 6.45) is 2.78. The molecule has 2 N–H and O–H groups in total.